The van der Waals surface area contributed by atoms with Crippen LogP contribution in [0.4, 0.5) is 5.13 Å². The van der Waals surface area contributed by atoms with E-state index in [2.05, 4.69) is 33.1 Å². The molecule has 0 unspecified atom stereocenters. The minimum atomic E-state index is 0.701. The standard InChI is InChI=1S/C11H14BrN3OS/c1-3-4-10-13-14-11(17-10)15(2)7-8-5-6-9(12)16-8/h5-6H,3-4,7H2,1-2H3. The third-order valence-electron chi connectivity index (χ3n) is 2.27. The van der Waals surface area contributed by atoms with Crippen LogP contribution in [0.1, 0.15) is 24.1 Å². The smallest absolute Gasteiger partial charge is 0.208 e. The Bertz CT molecular complexity index is 483. The number of rotatable bonds is 5. The molecule has 6 heteroatoms. The predicted octanol–water partition coefficient (Wildman–Crippen LogP) is 3.48. The maximum absolute atomic E-state index is 5.46. The number of aromatic nitrogens is 2. The van der Waals surface area contributed by atoms with E-state index >= 15 is 0 Å². The molecule has 0 spiro atoms. The Morgan fingerprint density at radius 2 is 2.24 bits per heavy atom. The Balaban J connectivity index is 2.01. The number of hydrogen-bond acceptors (Lipinski definition) is 5. The van der Waals surface area contributed by atoms with Crippen molar-refractivity contribution >= 4 is 32.4 Å². The van der Waals surface area contributed by atoms with Gasteiger partial charge >= 0.3 is 0 Å². The zero-order chi connectivity index (χ0) is 12.3. The van der Waals surface area contributed by atoms with Gasteiger partial charge < -0.3 is 9.32 Å². The minimum absolute atomic E-state index is 0.701. The molecular weight excluding hydrogens is 302 g/mol. The van der Waals surface area contributed by atoms with Crippen LogP contribution in [-0.4, -0.2) is 17.2 Å². The minimum Gasteiger partial charge on any atom is -0.452 e. The van der Waals surface area contributed by atoms with Gasteiger partial charge in [0, 0.05) is 13.5 Å². The fraction of sp³-hybridized carbons (Fsp3) is 0.455. The van der Waals surface area contributed by atoms with Crippen molar-refractivity contribution in [2.75, 3.05) is 11.9 Å². The number of halogens is 1. The summed E-state index contributed by atoms with van der Waals surface area (Å²) in [6.07, 6.45) is 2.10. The first kappa shape index (κ1) is 12.6. The molecule has 0 amide bonds. The van der Waals surface area contributed by atoms with Crippen LogP contribution in [0.5, 0.6) is 0 Å². The lowest BCUT2D eigenvalue weighted by atomic mass is 10.4. The first-order valence-corrected chi connectivity index (χ1v) is 7.07. The van der Waals surface area contributed by atoms with Crippen molar-refractivity contribution < 1.29 is 4.42 Å². The Labute approximate surface area is 113 Å². The quantitative estimate of drug-likeness (QED) is 0.847. The van der Waals surface area contributed by atoms with E-state index in [9.17, 15) is 0 Å². The van der Waals surface area contributed by atoms with Crippen LogP contribution in [0.15, 0.2) is 21.2 Å². The fourth-order valence-electron chi connectivity index (χ4n) is 1.45. The molecule has 0 aliphatic rings. The second-order valence-electron chi connectivity index (χ2n) is 3.79. The normalized spacial score (nSPS) is 10.8. The summed E-state index contributed by atoms with van der Waals surface area (Å²) >= 11 is 4.93. The van der Waals surface area contributed by atoms with E-state index in [1.807, 2.05) is 24.1 Å². The van der Waals surface area contributed by atoms with Gasteiger partial charge in [0.05, 0.1) is 6.54 Å². The largest absolute Gasteiger partial charge is 0.452 e. The molecule has 2 rings (SSSR count). The summed E-state index contributed by atoms with van der Waals surface area (Å²) in [5.41, 5.74) is 0. The third kappa shape index (κ3) is 3.29. The summed E-state index contributed by atoms with van der Waals surface area (Å²) in [7, 11) is 1.99. The molecule has 0 radical (unpaired) electrons. The summed E-state index contributed by atoms with van der Waals surface area (Å²) in [4.78, 5) is 2.04. The van der Waals surface area contributed by atoms with Gasteiger partial charge in [-0.3, -0.25) is 0 Å². The van der Waals surface area contributed by atoms with Crippen LogP contribution in [0.25, 0.3) is 0 Å². The van der Waals surface area contributed by atoms with E-state index in [0.29, 0.717) is 6.54 Å². The molecule has 0 aliphatic carbocycles. The average Bonchev–Trinajstić information content (AvgIpc) is 2.88. The zero-order valence-corrected chi connectivity index (χ0v) is 12.2. The highest BCUT2D eigenvalue weighted by molar-refractivity contribution is 9.10. The van der Waals surface area contributed by atoms with Crippen LogP contribution < -0.4 is 4.90 Å². The van der Waals surface area contributed by atoms with E-state index in [-0.39, 0.29) is 0 Å². The highest BCUT2D eigenvalue weighted by Gasteiger charge is 2.10. The van der Waals surface area contributed by atoms with Gasteiger partial charge in [-0.25, -0.2) is 0 Å². The topological polar surface area (TPSA) is 42.2 Å². The lowest BCUT2D eigenvalue weighted by molar-refractivity contribution is 0.486. The predicted molar refractivity (Wildman–Crippen MR) is 72.4 cm³/mol. The molecule has 0 N–H and O–H groups in total. The van der Waals surface area contributed by atoms with Crippen LogP contribution >= 0.6 is 27.3 Å². The third-order valence-corrected chi connectivity index (χ3v) is 3.79. The first-order valence-electron chi connectivity index (χ1n) is 5.46. The van der Waals surface area contributed by atoms with Crippen molar-refractivity contribution in [1.82, 2.24) is 10.2 Å². The maximum atomic E-state index is 5.46. The second-order valence-corrected chi connectivity index (χ2v) is 5.61. The monoisotopic (exact) mass is 315 g/mol. The Kier molecular flexibility index (Phi) is 4.17. The first-order chi connectivity index (χ1) is 8.19. The summed E-state index contributed by atoms with van der Waals surface area (Å²) in [6, 6.07) is 3.85. The molecular formula is C11H14BrN3OS. The Morgan fingerprint density at radius 3 is 2.88 bits per heavy atom. The van der Waals surface area contributed by atoms with Crippen molar-refractivity contribution in [3.05, 3.63) is 27.6 Å². The molecule has 0 aromatic carbocycles. The number of hydrogen-bond donors (Lipinski definition) is 0. The maximum Gasteiger partial charge on any atom is 0.208 e. The number of aryl methyl sites for hydroxylation is 1. The van der Waals surface area contributed by atoms with Gasteiger partial charge in [-0.15, -0.1) is 10.2 Å². The van der Waals surface area contributed by atoms with Gasteiger partial charge in [-0.1, -0.05) is 18.3 Å². The van der Waals surface area contributed by atoms with Gasteiger partial charge in [-0.2, -0.15) is 0 Å². The van der Waals surface area contributed by atoms with E-state index in [0.717, 1.165) is 33.4 Å². The van der Waals surface area contributed by atoms with Crippen molar-refractivity contribution in [3.63, 3.8) is 0 Å². The van der Waals surface area contributed by atoms with Crippen molar-refractivity contribution in [2.45, 2.75) is 26.3 Å². The summed E-state index contributed by atoms with van der Waals surface area (Å²) in [5.74, 6) is 0.909. The fourth-order valence-corrected chi connectivity index (χ4v) is 2.69. The van der Waals surface area contributed by atoms with Crippen LogP contribution in [0.3, 0.4) is 0 Å². The number of furan rings is 1. The van der Waals surface area contributed by atoms with Crippen molar-refractivity contribution in [3.8, 4) is 0 Å². The summed E-state index contributed by atoms with van der Waals surface area (Å²) < 4.78 is 6.22. The number of nitrogens with zero attached hydrogens (tertiary/aromatic N) is 3. The summed E-state index contributed by atoms with van der Waals surface area (Å²) in [5, 5.41) is 10.4. The average molecular weight is 316 g/mol. The Hall–Kier alpha value is -0.880. The highest BCUT2D eigenvalue weighted by Crippen LogP contribution is 2.23. The zero-order valence-electron chi connectivity index (χ0n) is 9.81. The van der Waals surface area contributed by atoms with E-state index in [4.69, 9.17) is 4.42 Å². The molecule has 4 nitrogen and oxygen atoms in total. The van der Waals surface area contributed by atoms with Crippen LogP contribution in [0.2, 0.25) is 0 Å². The van der Waals surface area contributed by atoms with Gasteiger partial charge in [0.1, 0.15) is 10.8 Å². The van der Waals surface area contributed by atoms with Gasteiger partial charge in [0.25, 0.3) is 0 Å². The van der Waals surface area contributed by atoms with E-state index in [1.54, 1.807) is 11.3 Å². The number of anilines is 1. The molecule has 17 heavy (non-hydrogen) atoms. The highest BCUT2D eigenvalue weighted by atomic mass is 79.9. The molecule has 0 aliphatic heterocycles. The summed E-state index contributed by atoms with van der Waals surface area (Å²) in [6.45, 7) is 2.84. The lowest BCUT2D eigenvalue weighted by Crippen LogP contribution is -2.15. The molecule has 2 aromatic rings. The molecule has 2 aromatic heterocycles. The molecule has 0 atom stereocenters. The second kappa shape index (κ2) is 5.64. The Morgan fingerprint density at radius 1 is 1.41 bits per heavy atom. The van der Waals surface area contributed by atoms with Gasteiger partial charge in [0.15, 0.2) is 4.67 Å². The van der Waals surface area contributed by atoms with Crippen LogP contribution in [0, 0.1) is 0 Å². The SMILES string of the molecule is CCCc1nnc(N(C)Cc2ccc(Br)o2)s1. The van der Waals surface area contributed by atoms with Crippen LogP contribution in [-0.2, 0) is 13.0 Å². The van der Waals surface area contributed by atoms with Crippen molar-refractivity contribution in [1.29, 1.82) is 0 Å². The van der Waals surface area contributed by atoms with Gasteiger partial charge in [-0.05, 0) is 34.5 Å². The van der Waals surface area contributed by atoms with E-state index in [1.165, 1.54) is 0 Å². The molecule has 0 fully saturated rings. The van der Waals surface area contributed by atoms with Gasteiger partial charge in [0.2, 0.25) is 5.13 Å². The molecule has 0 saturated carbocycles. The molecule has 0 saturated heterocycles. The molecule has 2 heterocycles. The van der Waals surface area contributed by atoms with Crippen molar-refractivity contribution in [2.24, 2.45) is 0 Å². The molecule has 92 valence electrons. The molecule has 0 bridgehead atoms. The lowest BCUT2D eigenvalue weighted by Gasteiger charge is -2.12. The van der Waals surface area contributed by atoms with E-state index < -0.39 is 0 Å².